The summed E-state index contributed by atoms with van der Waals surface area (Å²) in [7, 11) is 0. The number of fused-ring (bicyclic) bond motifs is 1. The van der Waals surface area contributed by atoms with Gasteiger partial charge in [0.25, 0.3) is 5.91 Å². The normalized spacial score (nSPS) is 22.0. The molecular weight excluding hydrogens is 336 g/mol. The molecule has 0 aromatic heterocycles. The first-order valence-corrected chi connectivity index (χ1v) is 8.57. The Kier molecular flexibility index (Phi) is 4.79. The van der Waals surface area contributed by atoms with Gasteiger partial charge in [0.05, 0.1) is 5.56 Å². The maximum absolute atomic E-state index is 13.5. The van der Waals surface area contributed by atoms with E-state index < -0.39 is 17.9 Å². The Balaban J connectivity index is 1.95. The van der Waals surface area contributed by atoms with Crippen LogP contribution in [0.15, 0.2) is 12.1 Å². The molecule has 25 heavy (non-hydrogen) atoms. The van der Waals surface area contributed by atoms with Crippen molar-refractivity contribution in [3.05, 3.63) is 34.4 Å². The second kappa shape index (κ2) is 6.59. The highest BCUT2D eigenvalue weighted by Gasteiger charge is 2.40. The van der Waals surface area contributed by atoms with Crippen molar-refractivity contribution in [3.8, 4) is 0 Å². The number of nitrogens with zero attached hydrogens (tertiary/aromatic N) is 2. The number of alkyl halides is 4. The maximum Gasteiger partial charge on any atom is 0.416 e. The van der Waals surface area contributed by atoms with E-state index in [4.69, 9.17) is 0 Å². The molecule has 1 aromatic rings. The molecule has 1 atom stereocenters. The quantitative estimate of drug-likeness (QED) is 0.763. The molecule has 2 heterocycles. The Labute approximate surface area is 144 Å². The van der Waals surface area contributed by atoms with Gasteiger partial charge in [-0.15, -0.1) is 0 Å². The summed E-state index contributed by atoms with van der Waals surface area (Å²) in [5.41, 5.74) is -0.145. The van der Waals surface area contributed by atoms with Gasteiger partial charge in [0.2, 0.25) is 0 Å². The van der Waals surface area contributed by atoms with Gasteiger partial charge in [-0.2, -0.15) is 13.2 Å². The van der Waals surface area contributed by atoms with Crippen LogP contribution in [-0.2, 0) is 19.3 Å². The van der Waals surface area contributed by atoms with Crippen LogP contribution in [0.5, 0.6) is 0 Å². The zero-order valence-electron chi connectivity index (χ0n) is 14.4. The first-order chi connectivity index (χ1) is 11.7. The molecule has 0 radical (unpaired) electrons. The van der Waals surface area contributed by atoms with Gasteiger partial charge in [-0.05, 0) is 56.5 Å². The van der Waals surface area contributed by atoms with Crippen LogP contribution in [0.2, 0.25) is 0 Å². The zero-order chi connectivity index (χ0) is 18.4. The van der Waals surface area contributed by atoms with Gasteiger partial charge >= 0.3 is 6.18 Å². The number of amides is 1. The number of benzene rings is 1. The lowest BCUT2D eigenvalue weighted by molar-refractivity contribution is -0.138. The third-order valence-electron chi connectivity index (χ3n) is 4.91. The molecule has 0 spiro atoms. The predicted octanol–water partition coefficient (Wildman–Crippen LogP) is 4.00. The van der Waals surface area contributed by atoms with Crippen molar-refractivity contribution < 1.29 is 22.4 Å². The van der Waals surface area contributed by atoms with Gasteiger partial charge in [-0.3, -0.25) is 9.69 Å². The predicted molar refractivity (Wildman–Crippen MR) is 85.9 cm³/mol. The van der Waals surface area contributed by atoms with Crippen molar-refractivity contribution in [1.82, 2.24) is 9.80 Å². The minimum absolute atomic E-state index is 0.0166. The number of likely N-dealkylation sites (tertiary alicyclic amines) is 1. The van der Waals surface area contributed by atoms with Crippen LogP contribution in [0.4, 0.5) is 17.6 Å². The first-order valence-electron chi connectivity index (χ1n) is 8.57. The van der Waals surface area contributed by atoms with E-state index in [9.17, 15) is 22.4 Å². The van der Waals surface area contributed by atoms with Crippen LogP contribution in [-0.4, -0.2) is 41.0 Å². The van der Waals surface area contributed by atoms with E-state index >= 15 is 0 Å². The number of hydrogen-bond donors (Lipinski definition) is 0. The van der Waals surface area contributed by atoms with Crippen LogP contribution >= 0.6 is 0 Å². The fraction of sp³-hybridized carbons (Fsp3) is 0.611. The van der Waals surface area contributed by atoms with Crippen molar-refractivity contribution in [3.63, 3.8) is 0 Å². The standard InChI is InChI=1S/C18H22F4N2O/c1-11(2)24-10-15-14(17(24)25)6-12(7-16(15)18(20,21)22)8-23-5-3-4-13(19)9-23/h6-7,11,13H,3-5,8-10H2,1-2H3. The smallest absolute Gasteiger partial charge is 0.332 e. The topological polar surface area (TPSA) is 23.6 Å². The average Bonchev–Trinajstić information content (AvgIpc) is 2.83. The summed E-state index contributed by atoms with van der Waals surface area (Å²) >= 11 is 0. The van der Waals surface area contributed by atoms with Gasteiger partial charge in [-0.25, -0.2) is 4.39 Å². The van der Waals surface area contributed by atoms with Crippen LogP contribution in [0, 0.1) is 0 Å². The molecule has 0 saturated carbocycles. The van der Waals surface area contributed by atoms with Crippen molar-refractivity contribution in [2.75, 3.05) is 13.1 Å². The van der Waals surface area contributed by atoms with Crippen LogP contribution in [0.1, 0.15) is 53.7 Å². The second-order valence-electron chi connectivity index (χ2n) is 7.17. The maximum atomic E-state index is 13.5. The van der Waals surface area contributed by atoms with Gasteiger partial charge in [0.15, 0.2) is 0 Å². The third kappa shape index (κ3) is 3.66. The van der Waals surface area contributed by atoms with Gasteiger partial charge in [0, 0.05) is 31.2 Å². The molecule has 138 valence electrons. The molecule has 0 N–H and O–H groups in total. The minimum atomic E-state index is -4.52. The number of carbonyl (C=O) groups excluding carboxylic acids is 1. The molecule has 0 bridgehead atoms. The van der Waals surface area contributed by atoms with Crippen LogP contribution in [0.25, 0.3) is 0 Å². The van der Waals surface area contributed by atoms with E-state index in [1.165, 1.54) is 4.90 Å². The number of rotatable bonds is 3. The zero-order valence-corrected chi connectivity index (χ0v) is 14.4. The largest absolute Gasteiger partial charge is 0.416 e. The Morgan fingerprint density at radius 1 is 1.28 bits per heavy atom. The Morgan fingerprint density at radius 2 is 2.00 bits per heavy atom. The molecule has 1 fully saturated rings. The summed E-state index contributed by atoms with van der Waals surface area (Å²) in [6, 6.07) is 2.51. The Bertz CT molecular complexity index is 672. The molecule has 1 amide bonds. The Hall–Kier alpha value is -1.63. The van der Waals surface area contributed by atoms with Crippen molar-refractivity contribution in [1.29, 1.82) is 0 Å². The van der Waals surface area contributed by atoms with Gasteiger partial charge in [-0.1, -0.05) is 0 Å². The number of carbonyl (C=O) groups is 1. The molecular formula is C18H22F4N2O. The van der Waals surface area contributed by atoms with Crippen LogP contribution in [0.3, 0.4) is 0 Å². The van der Waals surface area contributed by atoms with Gasteiger partial charge < -0.3 is 4.90 Å². The van der Waals surface area contributed by atoms with E-state index in [-0.39, 0.29) is 42.7 Å². The van der Waals surface area contributed by atoms with Gasteiger partial charge in [0.1, 0.15) is 6.17 Å². The first kappa shape index (κ1) is 18.2. The molecule has 1 saturated heterocycles. The molecule has 3 nitrogen and oxygen atoms in total. The fourth-order valence-electron chi connectivity index (χ4n) is 3.65. The lowest BCUT2D eigenvalue weighted by atomic mass is 9.98. The van der Waals surface area contributed by atoms with Crippen molar-refractivity contribution in [2.45, 2.75) is 58.2 Å². The van der Waals surface area contributed by atoms with Crippen LogP contribution < -0.4 is 0 Å². The summed E-state index contributed by atoms with van der Waals surface area (Å²) in [4.78, 5) is 15.8. The number of piperidine rings is 1. The molecule has 3 rings (SSSR count). The highest BCUT2D eigenvalue weighted by atomic mass is 19.4. The van der Waals surface area contributed by atoms with Crippen molar-refractivity contribution in [2.24, 2.45) is 0 Å². The molecule has 7 heteroatoms. The average molecular weight is 358 g/mol. The highest BCUT2D eigenvalue weighted by Crippen LogP contribution is 2.39. The van der Waals surface area contributed by atoms with E-state index in [1.54, 1.807) is 19.9 Å². The summed E-state index contributed by atoms with van der Waals surface area (Å²) < 4.78 is 54.1. The molecule has 0 aliphatic carbocycles. The third-order valence-corrected chi connectivity index (χ3v) is 4.91. The molecule has 1 unspecified atom stereocenters. The number of halogens is 4. The molecule has 1 aromatic carbocycles. The monoisotopic (exact) mass is 358 g/mol. The Morgan fingerprint density at radius 3 is 2.60 bits per heavy atom. The minimum Gasteiger partial charge on any atom is -0.332 e. The number of hydrogen-bond acceptors (Lipinski definition) is 2. The summed E-state index contributed by atoms with van der Waals surface area (Å²) in [6.07, 6.45) is -4.27. The summed E-state index contributed by atoms with van der Waals surface area (Å²) in [5, 5.41) is 0. The van der Waals surface area contributed by atoms with E-state index in [0.717, 1.165) is 6.07 Å². The van der Waals surface area contributed by atoms with E-state index in [0.29, 0.717) is 24.9 Å². The lowest BCUT2D eigenvalue weighted by Crippen LogP contribution is -2.35. The highest BCUT2D eigenvalue weighted by molar-refractivity contribution is 5.99. The molecule has 2 aliphatic heterocycles. The second-order valence-corrected chi connectivity index (χ2v) is 7.17. The van der Waals surface area contributed by atoms with Crippen molar-refractivity contribution >= 4 is 5.91 Å². The van der Waals surface area contributed by atoms with E-state index in [1.807, 2.05) is 4.90 Å². The SMILES string of the molecule is CC(C)N1Cc2c(cc(CN3CCCC(F)C3)cc2C(F)(F)F)C1=O. The summed E-state index contributed by atoms with van der Waals surface area (Å²) in [5.74, 6) is -0.362. The fourth-order valence-corrected chi connectivity index (χ4v) is 3.65. The van der Waals surface area contributed by atoms with E-state index in [2.05, 4.69) is 0 Å². The molecule has 2 aliphatic rings. The lowest BCUT2D eigenvalue weighted by Gasteiger charge is -2.29. The summed E-state index contributed by atoms with van der Waals surface area (Å²) in [6.45, 7) is 4.67.